The van der Waals surface area contributed by atoms with Gasteiger partial charge in [0.15, 0.2) is 0 Å². The summed E-state index contributed by atoms with van der Waals surface area (Å²) in [5.74, 6) is 1.93. The molecule has 2 aliphatic heterocycles. The number of pyridine rings is 1. The molecule has 0 aliphatic carbocycles. The molecule has 1 aromatic heterocycles. The Balaban J connectivity index is 1.92. The maximum absolute atomic E-state index is 4.57. The van der Waals surface area contributed by atoms with Crippen molar-refractivity contribution in [3.63, 3.8) is 0 Å². The van der Waals surface area contributed by atoms with E-state index < -0.39 is 0 Å². The van der Waals surface area contributed by atoms with E-state index >= 15 is 0 Å². The Labute approximate surface area is 104 Å². The number of aryl methyl sites for hydroxylation is 1. The van der Waals surface area contributed by atoms with Crippen molar-refractivity contribution < 1.29 is 0 Å². The predicted octanol–water partition coefficient (Wildman–Crippen LogP) is 1.95. The van der Waals surface area contributed by atoms with Crippen molar-refractivity contribution in [2.24, 2.45) is 5.92 Å². The molecule has 3 rings (SSSR count). The van der Waals surface area contributed by atoms with Crippen molar-refractivity contribution in [2.45, 2.75) is 19.4 Å². The SMILES string of the molecule is Cc1cnc(N2CC[C@H]3CNC[C@H]32)c(Br)c1. The second-order valence-corrected chi connectivity index (χ2v) is 5.64. The molecule has 0 amide bonds. The van der Waals surface area contributed by atoms with Crippen LogP contribution in [-0.4, -0.2) is 30.7 Å². The molecule has 0 radical (unpaired) electrons. The van der Waals surface area contributed by atoms with Crippen LogP contribution >= 0.6 is 15.9 Å². The summed E-state index contributed by atoms with van der Waals surface area (Å²) in [6.07, 6.45) is 3.25. The molecule has 0 bridgehead atoms. The Kier molecular flexibility index (Phi) is 2.64. The first-order valence-electron chi connectivity index (χ1n) is 5.85. The van der Waals surface area contributed by atoms with Crippen molar-refractivity contribution in [2.75, 3.05) is 24.5 Å². The van der Waals surface area contributed by atoms with Crippen LogP contribution in [0.4, 0.5) is 5.82 Å². The highest BCUT2D eigenvalue weighted by molar-refractivity contribution is 9.10. The Bertz CT molecular complexity index is 407. The average molecular weight is 282 g/mol. The van der Waals surface area contributed by atoms with Crippen molar-refractivity contribution in [3.05, 3.63) is 22.3 Å². The van der Waals surface area contributed by atoms with Crippen molar-refractivity contribution >= 4 is 21.7 Å². The van der Waals surface area contributed by atoms with Crippen LogP contribution in [0.2, 0.25) is 0 Å². The first kappa shape index (κ1) is 10.5. The van der Waals surface area contributed by atoms with Gasteiger partial charge < -0.3 is 10.2 Å². The zero-order valence-corrected chi connectivity index (χ0v) is 11.0. The summed E-state index contributed by atoms with van der Waals surface area (Å²) in [7, 11) is 0. The molecule has 0 unspecified atom stereocenters. The first-order valence-corrected chi connectivity index (χ1v) is 6.64. The van der Waals surface area contributed by atoms with Crippen LogP contribution in [0.5, 0.6) is 0 Å². The van der Waals surface area contributed by atoms with Crippen LogP contribution in [0.15, 0.2) is 16.7 Å². The number of fused-ring (bicyclic) bond motifs is 1. The maximum atomic E-state index is 4.57. The molecule has 2 atom stereocenters. The Morgan fingerprint density at radius 1 is 1.50 bits per heavy atom. The van der Waals surface area contributed by atoms with Crippen LogP contribution < -0.4 is 10.2 Å². The standard InChI is InChI=1S/C12H16BrN3/c1-8-4-10(13)12(15-5-8)16-3-2-9-6-14-7-11(9)16/h4-5,9,11,14H,2-3,6-7H2,1H3/t9-,11+/m0/s1. The average Bonchev–Trinajstić information content (AvgIpc) is 2.80. The summed E-state index contributed by atoms with van der Waals surface area (Å²) in [6, 6.07) is 2.80. The highest BCUT2D eigenvalue weighted by Crippen LogP contribution is 2.34. The van der Waals surface area contributed by atoms with Gasteiger partial charge in [0.05, 0.1) is 4.47 Å². The summed E-state index contributed by atoms with van der Waals surface area (Å²) >= 11 is 3.63. The van der Waals surface area contributed by atoms with E-state index in [-0.39, 0.29) is 0 Å². The van der Waals surface area contributed by atoms with E-state index in [9.17, 15) is 0 Å². The molecule has 3 nitrogen and oxygen atoms in total. The number of aromatic nitrogens is 1. The molecular weight excluding hydrogens is 266 g/mol. The minimum atomic E-state index is 0.645. The lowest BCUT2D eigenvalue weighted by Gasteiger charge is -2.25. The van der Waals surface area contributed by atoms with E-state index in [1.165, 1.54) is 18.5 Å². The molecular formula is C12H16BrN3. The molecule has 1 N–H and O–H groups in total. The number of rotatable bonds is 1. The van der Waals surface area contributed by atoms with Gasteiger partial charge in [0.2, 0.25) is 0 Å². The summed E-state index contributed by atoms with van der Waals surface area (Å²) in [6.45, 7) is 5.49. The van der Waals surface area contributed by atoms with E-state index in [1.807, 2.05) is 6.20 Å². The maximum Gasteiger partial charge on any atom is 0.143 e. The van der Waals surface area contributed by atoms with Gasteiger partial charge in [-0.3, -0.25) is 0 Å². The topological polar surface area (TPSA) is 28.2 Å². The van der Waals surface area contributed by atoms with Gasteiger partial charge >= 0.3 is 0 Å². The number of nitrogens with zero attached hydrogens (tertiary/aromatic N) is 2. The van der Waals surface area contributed by atoms with Crippen LogP contribution in [0.3, 0.4) is 0 Å². The van der Waals surface area contributed by atoms with Crippen LogP contribution in [-0.2, 0) is 0 Å². The van der Waals surface area contributed by atoms with E-state index in [0.717, 1.165) is 29.3 Å². The molecule has 2 saturated heterocycles. The van der Waals surface area contributed by atoms with Gasteiger partial charge in [0, 0.05) is 31.9 Å². The second-order valence-electron chi connectivity index (χ2n) is 4.79. The van der Waals surface area contributed by atoms with Gasteiger partial charge in [-0.05, 0) is 46.8 Å². The molecule has 0 aromatic carbocycles. The van der Waals surface area contributed by atoms with Gasteiger partial charge in [-0.1, -0.05) is 0 Å². The zero-order valence-electron chi connectivity index (χ0n) is 9.41. The van der Waals surface area contributed by atoms with Gasteiger partial charge in [0.25, 0.3) is 0 Å². The second kappa shape index (κ2) is 4.00. The lowest BCUT2D eigenvalue weighted by Crippen LogP contribution is -2.34. The third-order valence-electron chi connectivity index (χ3n) is 3.68. The first-order chi connectivity index (χ1) is 7.75. The number of anilines is 1. The Morgan fingerprint density at radius 2 is 2.38 bits per heavy atom. The zero-order chi connectivity index (χ0) is 11.1. The van der Waals surface area contributed by atoms with E-state index in [2.05, 4.69) is 44.1 Å². The van der Waals surface area contributed by atoms with Crippen molar-refractivity contribution in [1.82, 2.24) is 10.3 Å². The largest absolute Gasteiger partial charge is 0.351 e. The van der Waals surface area contributed by atoms with Gasteiger partial charge in [-0.2, -0.15) is 0 Å². The fourth-order valence-corrected chi connectivity index (χ4v) is 3.54. The number of hydrogen-bond donors (Lipinski definition) is 1. The third kappa shape index (κ3) is 1.64. The molecule has 0 spiro atoms. The summed E-state index contributed by atoms with van der Waals surface area (Å²) in [5.41, 5.74) is 1.20. The van der Waals surface area contributed by atoms with Crippen LogP contribution in [0, 0.1) is 12.8 Å². The molecule has 4 heteroatoms. The van der Waals surface area contributed by atoms with Gasteiger partial charge in [-0.25, -0.2) is 4.98 Å². The number of hydrogen-bond acceptors (Lipinski definition) is 3. The monoisotopic (exact) mass is 281 g/mol. The fourth-order valence-electron chi connectivity index (χ4n) is 2.85. The van der Waals surface area contributed by atoms with Gasteiger partial charge in [-0.15, -0.1) is 0 Å². The van der Waals surface area contributed by atoms with Crippen molar-refractivity contribution in [3.8, 4) is 0 Å². The summed E-state index contributed by atoms with van der Waals surface area (Å²) in [5, 5.41) is 3.47. The van der Waals surface area contributed by atoms with Crippen LogP contribution in [0.25, 0.3) is 0 Å². The Morgan fingerprint density at radius 3 is 3.19 bits per heavy atom. The highest BCUT2D eigenvalue weighted by Gasteiger charge is 2.38. The highest BCUT2D eigenvalue weighted by atomic mass is 79.9. The summed E-state index contributed by atoms with van der Waals surface area (Å²) in [4.78, 5) is 7.02. The van der Waals surface area contributed by atoms with E-state index in [1.54, 1.807) is 0 Å². The van der Waals surface area contributed by atoms with Crippen LogP contribution in [0.1, 0.15) is 12.0 Å². The lowest BCUT2D eigenvalue weighted by molar-refractivity contribution is 0.577. The minimum Gasteiger partial charge on any atom is -0.351 e. The molecule has 2 aliphatic rings. The van der Waals surface area contributed by atoms with E-state index in [0.29, 0.717) is 6.04 Å². The molecule has 3 heterocycles. The normalized spacial score (nSPS) is 28.5. The third-order valence-corrected chi connectivity index (χ3v) is 4.26. The fraction of sp³-hybridized carbons (Fsp3) is 0.583. The molecule has 86 valence electrons. The van der Waals surface area contributed by atoms with Crippen molar-refractivity contribution in [1.29, 1.82) is 0 Å². The summed E-state index contributed by atoms with van der Waals surface area (Å²) < 4.78 is 1.13. The number of halogens is 1. The quantitative estimate of drug-likeness (QED) is 0.853. The molecule has 2 fully saturated rings. The van der Waals surface area contributed by atoms with E-state index in [4.69, 9.17) is 0 Å². The predicted molar refractivity (Wildman–Crippen MR) is 68.8 cm³/mol. The molecule has 0 saturated carbocycles. The lowest BCUT2D eigenvalue weighted by atomic mass is 10.1. The molecule has 1 aromatic rings. The smallest absolute Gasteiger partial charge is 0.143 e. The molecule has 16 heavy (non-hydrogen) atoms. The number of nitrogens with one attached hydrogen (secondary N) is 1. The minimum absolute atomic E-state index is 0.645. The Hall–Kier alpha value is -0.610. The van der Waals surface area contributed by atoms with Gasteiger partial charge in [0.1, 0.15) is 5.82 Å².